The minimum atomic E-state index is -1.27. The predicted molar refractivity (Wildman–Crippen MR) is 67.2 cm³/mol. The maximum absolute atomic E-state index is 12.0. The van der Waals surface area contributed by atoms with Crippen LogP contribution in [0.1, 0.15) is 24.2 Å². The van der Waals surface area contributed by atoms with Crippen LogP contribution < -0.4 is 0 Å². The molecular weight excluding hydrogens is 292 g/mol. The number of rotatable bonds is 4. The number of halogens is 1. The van der Waals surface area contributed by atoms with Crippen LogP contribution in [-0.2, 0) is 10.8 Å². The van der Waals surface area contributed by atoms with Crippen LogP contribution in [0.5, 0.6) is 0 Å². The zero-order chi connectivity index (χ0) is 12.3. The van der Waals surface area contributed by atoms with Crippen molar-refractivity contribution in [2.45, 2.75) is 18.7 Å². The molecule has 0 saturated heterocycles. The van der Waals surface area contributed by atoms with E-state index in [4.69, 9.17) is 5.11 Å². The van der Waals surface area contributed by atoms with Crippen LogP contribution in [-0.4, -0.2) is 21.0 Å². The summed E-state index contributed by atoms with van der Waals surface area (Å²) in [5, 5.41) is 8.99. The number of carboxylic acids is 1. The van der Waals surface area contributed by atoms with Crippen molar-refractivity contribution in [3.05, 3.63) is 28.2 Å². The van der Waals surface area contributed by atoms with E-state index >= 15 is 0 Å². The summed E-state index contributed by atoms with van der Waals surface area (Å²) in [7, 11) is -1.27. The molecule has 0 spiro atoms. The average molecular weight is 305 g/mol. The fourth-order valence-corrected chi connectivity index (χ4v) is 3.21. The number of benzene rings is 1. The highest BCUT2D eigenvalue weighted by Gasteiger charge is 2.16. The van der Waals surface area contributed by atoms with Crippen molar-refractivity contribution in [3.8, 4) is 0 Å². The van der Waals surface area contributed by atoms with Gasteiger partial charge in [-0.2, -0.15) is 0 Å². The van der Waals surface area contributed by atoms with E-state index in [1.165, 1.54) is 6.07 Å². The monoisotopic (exact) mass is 304 g/mol. The number of aromatic carboxylic acids is 1. The Morgan fingerprint density at radius 1 is 1.50 bits per heavy atom. The molecule has 0 aromatic heterocycles. The van der Waals surface area contributed by atoms with Crippen LogP contribution >= 0.6 is 15.9 Å². The quantitative estimate of drug-likeness (QED) is 0.930. The molecule has 0 fully saturated rings. The molecule has 0 radical (unpaired) electrons. The minimum Gasteiger partial charge on any atom is -0.478 e. The fraction of sp³-hybridized carbons (Fsp3) is 0.364. The highest BCUT2D eigenvalue weighted by Crippen LogP contribution is 2.21. The molecule has 16 heavy (non-hydrogen) atoms. The molecule has 5 heteroatoms. The lowest BCUT2D eigenvalue weighted by atomic mass is 10.2. The van der Waals surface area contributed by atoms with Gasteiger partial charge in [-0.15, -0.1) is 0 Å². The van der Waals surface area contributed by atoms with E-state index in [-0.39, 0.29) is 11.5 Å². The fourth-order valence-electron chi connectivity index (χ4n) is 1.25. The van der Waals surface area contributed by atoms with Crippen LogP contribution in [0, 0.1) is 5.92 Å². The minimum absolute atomic E-state index is 0.113. The Balaban J connectivity index is 3.14. The molecule has 1 unspecified atom stereocenters. The Kier molecular flexibility index (Phi) is 4.68. The van der Waals surface area contributed by atoms with Gasteiger partial charge in [0.15, 0.2) is 0 Å². The molecule has 1 aromatic carbocycles. The molecule has 0 aliphatic heterocycles. The molecule has 0 aliphatic rings. The number of hydrogen-bond acceptors (Lipinski definition) is 2. The van der Waals surface area contributed by atoms with E-state index in [0.717, 1.165) is 4.47 Å². The molecule has 0 bridgehead atoms. The van der Waals surface area contributed by atoms with Crippen molar-refractivity contribution in [1.82, 2.24) is 0 Å². The van der Waals surface area contributed by atoms with Gasteiger partial charge in [-0.05, 0) is 24.1 Å². The van der Waals surface area contributed by atoms with Gasteiger partial charge in [0, 0.05) is 10.2 Å². The summed E-state index contributed by atoms with van der Waals surface area (Å²) in [4.78, 5) is 11.4. The molecule has 0 heterocycles. The lowest BCUT2D eigenvalue weighted by Gasteiger charge is -2.08. The highest BCUT2D eigenvalue weighted by atomic mass is 79.9. The lowest BCUT2D eigenvalue weighted by molar-refractivity contribution is 0.0693. The predicted octanol–water partition coefficient (Wildman–Crippen LogP) is 2.91. The number of carboxylic acid groups (broad SMARTS) is 1. The van der Waals surface area contributed by atoms with Crippen LogP contribution in [0.2, 0.25) is 0 Å². The van der Waals surface area contributed by atoms with Crippen molar-refractivity contribution < 1.29 is 14.1 Å². The zero-order valence-corrected chi connectivity index (χ0v) is 11.5. The first-order chi connectivity index (χ1) is 7.41. The van der Waals surface area contributed by atoms with Crippen molar-refractivity contribution in [3.63, 3.8) is 0 Å². The van der Waals surface area contributed by atoms with E-state index in [0.29, 0.717) is 10.6 Å². The van der Waals surface area contributed by atoms with Gasteiger partial charge in [0.25, 0.3) is 0 Å². The van der Waals surface area contributed by atoms with E-state index < -0.39 is 16.8 Å². The number of carbonyl (C=O) groups is 1. The second-order valence-corrected chi connectivity index (χ2v) is 6.23. The Bertz CT molecular complexity index is 429. The van der Waals surface area contributed by atoms with Crippen molar-refractivity contribution in [2.24, 2.45) is 5.92 Å². The van der Waals surface area contributed by atoms with Crippen LogP contribution in [0.25, 0.3) is 0 Å². The normalized spacial score (nSPS) is 12.8. The van der Waals surface area contributed by atoms with Crippen LogP contribution in [0.3, 0.4) is 0 Å². The smallest absolute Gasteiger partial charge is 0.336 e. The molecule has 1 rings (SSSR count). The molecule has 3 nitrogen and oxygen atoms in total. The summed E-state index contributed by atoms with van der Waals surface area (Å²) in [5.74, 6) is -0.308. The SMILES string of the molecule is CC(C)CS(=O)c1cc(Br)ccc1C(=O)O. The van der Waals surface area contributed by atoms with Crippen molar-refractivity contribution in [2.75, 3.05) is 5.75 Å². The zero-order valence-electron chi connectivity index (χ0n) is 9.07. The topological polar surface area (TPSA) is 54.4 Å². The van der Waals surface area contributed by atoms with E-state index in [1.54, 1.807) is 12.1 Å². The third-order valence-corrected chi connectivity index (χ3v) is 4.20. The highest BCUT2D eigenvalue weighted by molar-refractivity contribution is 9.10. The molecule has 1 atom stereocenters. The first-order valence-electron chi connectivity index (χ1n) is 4.83. The van der Waals surface area contributed by atoms with Gasteiger partial charge in [0.05, 0.1) is 21.3 Å². The average Bonchev–Trinajstić information content (AvgIpc) is 2.15. The van der Waals surface area contributed by atoms with E-state index in [2.05, 4.69) is 15.9 Å². The van der Waals surface area contributed by atoms with E-state index in [9.17, 15) is 9.00 Å². The Hall–Kier alpha value is -0.680. The third kappa shape index (κ3) is 3.42. The standard InChI is InChI=1S/C11H13BrO3S/c1-7(2)6-16(15)10-5-8(12)3-4-9(10)11(13)14/h3-5,7H,6H2,1-2H3,(H,13,14). The Labute approximate surface area is 105 Å². The van der Waals surface area contributed by atoms with Gasteiger partial charge >= 0.3 is 5.97 Å². The maximum Gasteiger partial charge on any atom is 0.336 e. The number of hydrogen-bond donors (Lipinski definition) is 1. The molecule has 88 valence electrons. The maximum atomic E-state index is 12.0. The summed E-state index contributed by atoms with van der Waals surface area (Å²) in [6, 6.07) is 4.72. The Morgan fingerprint density at radius 2 is 2.12 bits per heavy atom. The second kappa shape index (κ2) is 5.59. The summed E-state index contributed by atoms with van der Waals surface area (Å²) in [6.45, 7) is 3.91. The largest absolute Gasteiger partial charge is 0.478 e. The second-order valence-electron chi connectivity index (χ2n) is 3.85. The first-order valence-corrected chi connectivity index (χ1v) is 6.94. The summed E-state index contributed by atoms with van der Waals surface area (Å²) < 4.78 is 12.7. The van der Waals surface area contributed by atoms with Crippen molar-refractivity contribution >= 4 is 32.7 Å². The lowest BCUT2D eigenvalue weighted by Crippen LogP contribution is -2.10. The van der Waals surface area contributed by atoms with Gasteiger partial charge in [0.2, 0.25) is 0 Å². The van der Waals surface area contributed by atoms with Gasteiger partial charge in [-0.3, -0.25) is 4.21 Å². The van der Waals surface area contributed by atoms with Gasteiger partial charge in [-0.25, -0.2) is 4.79 Å². The first kappa shape index (κ1) is 13.4. The molecule has 1 N–H and O–H groups in total. The van der Waals surface area contributed by atoms with Gasteiger partial charge < -0.3 is 5.11 Å². The van der Waals surface area contributed by atoms with Gasteiger partial charge in [0.1, 0.15) is 0 Å². The third-order valence-electron chi connectivity index (χ3n) is 1.90. The summed E-state index contributed by atoms with van der Waals surface area (Å²) >= 11 is 3.25. The Morgan fingerprint density at radius 3 is 2.62 bits per heavy atom. The molecule has 0 saturated carbocycles. The summed E-state index contributed by atoms with van der Waals surface area (Å²) in [6.07, 6.45) is 0. The van der Waals surface area contributed by atoms with Crippen molar-refractivity contribution in [1.29, 1.82) is 0 Å². The van der Waals surface area contributed by atoms with Crippen LogP contribution in [0.15, 0.2) is 27.6 Å². The molecule has 1 aromatic rings. The molecule has 0 amide bonds. The molecule has 0 aliphatic carbocycles. The van der Waals surface area contributed by atoms with Gasteiger partial charge in [-0.1, -0.05) is 29.8 Å². The van der Waals surface area contributed by atoms with Crippen LogP contribution in [0.4, 0.5) is 0 Å². The summed E-state index contributed by atoms with van der Waals surface area (Å²) in [5.41, 5.74) is 0.113. The molecular formula is C11H13BrO3S. The van der Waals surface area contributed by atoms with E-state index in [1.807, 2.05) is 13.8 Å².